The highest BCUT2D eigenvalue weighted by Crippen LogP contribution is 2.31. The van der Waals surface area contributed by atoms with Gasteiger partial charge in [0.2, 0.25) is 0 Å². The number of hydrogen-bond donors (Lipinski definition) is 1. The Labute approximate surface area is 112 Å². The highest BCUT2D eigenvalue weighted by atomic mass is 19.3. The Hall–Kier alpha value is -1.14. The van der Waals surface area contributed by atoms with Gasteiger partial charge in [0.25, 0.3) is 5.92 Å². The molecular weight excluding hydrogens is 250 g/mol. The highest BCUT2D eigenvalue weighted by molar-refractivity contribution is 5.12. The summed E-state index contributed by atoms with van der Waals surface area (Å²) >= 11 is 0. The predicted molar refractivity (Wildman–Crippen MR) is 69.0 cm³/mol. The normalized spacial score (nSPS) is 21.3. The topological polar surface area (TPSA) is 55.0 Å². The minimum atomic E-state index is -2.53. The fourth-order valence-corrected chi connectivity index (χ4v) is 2.38. The maximum atomic E-state index is 13.2. The van der Waals surface area contributed by atoms with Gasteiger partial charge in [0.1, 0.15) is 5.82 Å². The fourth-order valence-electron chi connectivity index (χ4n) is 2.38. The molecule has 19 heavy (non-hydrogen) atoms. The molecule has 0 bridgehead atoms. The number of rotatable bonds is 4. The van der Waals surface area contributed by atoms with Crippen molar-refractivity contribution in [3.8, 4) is 0 Å². The molecule has 1 aromatic rings. The zero-order chi connectivity index (χ0) is 13.9. The number of aromatic nitrogens is 2. The standard InChI is InChI=1S/C13H20F2N4/c1-2-12-17-8-10(9-18-12)11(7-16)19-5-3-13(14,15)4-6-19/h8-9,11H,2-7,16H2,1H3. The van der Waals surface area contributed by atoms with Crippen LogP contribution in [-0.4, -0.2) is 40.4 Å². The number of nitrogens with zero attached hydrogens (tertiary/aromatic N) is 3. The van der Waals surface area contributed by atoms with Crippen LogP contribution in [0.5, 0.6) is 0 Å². The van der Waals surface area contributed by atoms with Crippen LogP contribution >= 0.6 is 0 Å². The van der Waals surface area contributed by atoms with E-state index in [1.54, 1.807) is 12.4 Å². The SMILES string of the molecule is CCc1ncc(C(CN)N2CCC(F)(F)CC2)cn1. The molecule has 2 heterocycles. The smallest absolute Gasteiger partial charge is 0.250 e. The average Bonchev–Trinajstić information content (AvgIpc) is 2.42. The van der Waals surface area contributed by atoms with E-state index in [0.717, 1.165) is 17.8 Å². The van der Waals surface area contributed by atoms with Crippen molar-refractivity contribution in [3.05, 3.63) is 23.8 Å². The first-order chi connectivity index (χ1) is 9.05. The van der Waals surface area contributed by atoms with Crippen LogP contribution in [-0.2, 0) is 6.42 Å². The number of aryl methyl sites for hydroxylation is 1. The van der Waals surface area contributed by atoms with Gasteiger partial charge in [-0.3, -0.25) is 4.90 Å². The average molecular weight is 270 g/mol. The van der Waals surface area contributed by atoms with E-state index in [0.29, 0.717) is 19.6 Å². The maximum absolute atomic E-state index is 13.2. The molecule has 0 spiro atoms. The summed E-state index contributed by atoms with van der Waals surface area (Å²) in [5, 5.41) is 0. The van der Waals surface area contributed by atoms with E-state index in [-0.39, 0.29) is 18.9 Å². The van der Waals surface area contributed by atoms with Crippen LogP contribution in [0.1, 0.15) is 37.2 Å². The molecule has 4 nitrogen and oxygen atoms in total. The van der Waals surface area contributed by atoms with E-state index >= 15 is 0 Å². The van der Waals surface area contributed by atoms with E-state index in [4.69, 9.17) is 5.73 Å². The lowest BCUT2D eigenvalue weighted by atomic mass is 10.0. The Morgan fingerprint density at radius 3 is 2.37 bits per heavy atom. The number of likely N-dealkylation sites (tertiary alicyclic amines) is 1. The molecule has 1 aromatic heterocycles. The van der Waals surface area contributed by atoms with Crippen molar-refractivity contribution in [2.75, 3.05) is 19.6 Å². The molecule has 1 atom stereocenters. The number of alkyl halides is 2. The summed E-state index contributed by atoms with van der Waals surface area (Å²) in [7, 11) is 0. The van der Waals surface area contributed by atoms with Gasteiger partial charge >= 0.3 is 0 Å². The van der Waals surface area contributed by atoms with Crippen molar-refractivity contribution in [3.63, 3.8) is 0 Å². The van der Waals surface area contributed by atoms with Crippen molar-refractivity contribution in [2.24, 2.45) is 5.73 Å². The lowest BCUT2D eigenvalue weighted by Gasteiger charge is -2.36. The molecular formula is C13H20F2N4. The third-order valence-electron chi connectivity index (χ3n) is 3.62. The van der Waals surface area contributed by atoms with E-state index in [1.165, 1.54) is 0 Å². The van der Waals surface area contributed by atoms with E-state index in [1.807, 2.05) is 11.8 Å². The molecule has 1 saturated heterocycles. The van der Waals surface area contributed by atoms with Gasteiger partial charge in [-0.1, -0.05) is 6.92 Å². The molecule has 0 aliphatic carbocycles. The molecule has 1 aliphatic rings. The highest BCUT2D eigenvalue weighted by Gasteiger charge is 2.36. The first-order valence-corrected chi connectivity index (χ1v) is 6.68. The van der Waals surface area contributed by atoms with Crippen molar-refractivity contribution < 1.29 is 8.78 Å². The van der Waals surface area contributed by atoms with E-state index in [2.05, 4.69) is 9.97 Å². The Bertz CT molecular complexity index is 398. The van der Waals surface area contributed by atoms with Gasteiger partial charge in [-0.05, 0) is 0 Å². The first-order valence-electron chi connectivity index (χ1n) is 6.68. The monoisotopic (exact) mass is 270 g/mol. The summed E-state index contributed by atoms with van der Waals surface area (Å²) in [6.45, 7) is 3.11. The lowest BCUT2D eigenvalue weighted by molar-refractivity contribution is -0.0627. The summed E-state index contributed by atoms with van der Waals surface area (Å²) in [6, 6.07) is -0.0676. The van der Waals surface area contributed by atoms with Crippen LogP contribution in [0.15, 0.2) is 12.4 Å². The summed E-state index contributed by atoms with van der Waals surface area (Å²) < 4.78 is 26.3. The van der Waals surface area contributed by atoms with Gasteiger partial charge in [0.15, 0.2) is 0 Å². The van der Waals surface area contributed by atoms with Crippen LogP contribution in [0.25, 0.3) is 0 Å². The molecule has 1 unspecified atom stereocenters. The Kier molecular flexibility index (Phi) is 4.42. The molecule has 0 amide bonds. The van der Waals surface area contributed by atoms with Gasteiger partial charge in [-0.15, -0.1) is 0 Å². The quantitative estimate of drug-likeness (QED) is 0.906. The first kappa shape index (κ1) is 14.3. The summed E-state index contributed by atoms with van der Waals surface area (Å²) in [5.74, 6) is -1.75. The molecule has 6 heteroatoms. The van der Waals surface area contributed by atoms with Crippen molar-refractivity contribution >= 4 is 0 Å². The van der Waals surface area contributed by atoms with Crippen LogP contribution < -0.4 is 5.73 Å². The number of halogens is 2. The zero-order valence-corrected chi connectivity index (χ0v) is 11.1. The molecule has 106 valence electrons. The molecule has 0 aromatic carbocycles. The molecule has 0 saturated carbocycles. The molecule has 2 rings (SSSR count). The van der Waals surface area contributed by atoms with E-state index < -0.39 is 5.92 Å². The molecule has 1 aliphatic heterocycles. The third kappa shape index (κ3) is 3.45. The van der Waals surface area contributed by atoms with Gasteiger partial charge in [0, 0.05) is 56.9 Å². The fraction of sp³-hybridized carbons (Fsp3) is 0.692. The van der Waals surface area contributed by atoms with Gasteiger partial charge in [0.05, 0.1) is 6.04 Å². The van der Waals surface area contributed by atoms with Gasteiger partial charge in [-0.25, -0.2) is 18.7 Å². The number of nitrogens with two attached hydrogens (primary N) is 1. The third-order valence-corrected chi connectivity index (χ3v) is 3.62. The molecule has 1 fully saturated rings. The van der Waals surface area contributed by atoms with Crippen LogP contribution in [0.4, 0.5) is 8.78 Å². The van der Waals surface area contributed by atoms with Crippen LogP contribution in [0.2, 0.25) is 0 Å². The second kappa shape index (κ2) is 5.88. The summed E-state index contributed by atoms with van der Waals surface area (Å²) in [5.41, 5.74) is 6.70. The zero-order valence-electron chi connectivity index (χ0n) is 11.1. The predicted octanol–water partition coefficient (Wildman–Crippen LogP) is 1.77. The van der Waals surface area contributed by atoms with Crippen molar-refractivity contribution in [1.82, 2.24) is 14.9 Å². The number of hydrogen-bond acceptors (Lipinski definition) is 4. The summed E-state index contributed by atoms with van der Waals surface area (Å²) in [4.78, 5) is 10.5. The van der Waals surface area contributed by atoms with Crippen LogP contribution in [0.3, 0.4) is 0 Å². The Morgan fingerprint density at radius 2 is 1.89 bits per heavy atom. The number of piperidine rings is 1. The molecule has 0 radical (unpaired) electrons. The summed E-state index contributed by atoms with van der Waals surface area (Å²) in [6.07, 6.45) is 4.10. The Balaban J connectivity index is 2.07. The van der Waals surface area contributed by atoms with Crippen LogP contribution in [0, 0.1) is 0 Å². The van der Waals surface area contributed by atoms with Crippen molar-refractivity contribution in [2.45, 2.75) is 38.2 Å². The largest absolute Gasteiger partial charge is 0.329 e. The minimum Gasteiger partial charge on any atom is -0.329 e. The second-order valence-electron chi connectivity index (χ2n) is 4.93. The lowest BCUT2D eigenvalue weighted by Crippen LogP contribution is -2.43. The van der Waals surface area contributed by atoms with Gasteiger partial charge in [-0.2, -0.15) is 0 Å². The van der Waals surface area contributed by atoms with Gasteiger partial charge < -0.3 is 5.73 Å². The molecule has 2 N–H and O–H groups in total. The second-order valence-corrected chi connectivity index (χ2v) is 4.93. The van der Waals surface area contributed by atoms with E-state index in [9.17, 15) is 8.78 Å². The van der Waals surface area contributed by atoms with Crippen molar-refractivity contribution in [1.29, 1.82) is 0 Å². The maximum Gasteiger partial charge on any atom is 0.250 e. The Morgan fingerprint density at radius 1 is 1.32 bits per heavy atom. The minimum absolute atomic E-state index is 0.0676.